The zero-order valence-electron chi connectivity index (χ0n) is 13.5. The van der Waals surface area contributed by atoms with Crippen LogP contribution in [0.25, 0.3) is 0 Å². The molecule has 0 radical (unpaired) electrons. The lowest BCUT2D eigenvalue weighted by Crippen LogP contribution is -2.35. The molecule has 1 saturated heterocycles. The molecule has 0 aliphatic carbocycles. The van der Waals surface area contributed by atoms with E-state index in [-0.39, 0.29) is 11.1 Å². The summed E-state index contributed by atoms with van der Waals surface area (Å²) in [5.41, 5.74) is 0. The number of nitrogens with zero attached hydrogens (tertiary/aromatic N) is 2. The lowest BCUT2D eigenvalue weighted by atomic mass is 10.2. The van der Waals surface area contributed by atoms with Crippen LogP contribution < -0.4 is 0 Å². The second-order valence-corrected chi connectivity index (χ2v) is 8.07. The summed E-state index contributed by atoms with van der Waals surface area (Å²) in [5.74, 6) is 0.604. The van der Waals surface area contributed by atoms with Crippen LogP contribution in [0.2, 0.25) is 0 Å². The Morgan fingerprint density at radius 2 is 1.91 bits per heavy atom. The minimum atomic E-state index is -3.50. The zero-order valence-corrected chi connectivity index (χ0v) is 14.3. The fraction of sp³-hybridized carbons (Fsp3) is 0.733. The van der Waals surface area contributed by atoms with E-state index in [1.54, 1.807) is 13.0 Å². The number of aliphatic hydroxyl groups excluding tert-OH is 1. The van der Waals surface area contributed by atoms with Crippen molar-refractivity contribution >= 4 is 10.0 Å². The summed E-state index contributed by atoms with van der Waals surface area (Å²) in [6.45, 7) is 7.95. The zero-order chi connectivity index (χ0) is 16.3. The Balaban J connectivity index is 2.10. The molecule has 1 aliphatic heterocycles. The molecule has 22 heavy (non-hydrogen) atoms. The lowest BCUT2D eigenvalue weighted by molar-refractivity contribution is 0.0963. The van der Waals surface area contributed by atoms with E-state index in [9.17, 15) is 13.5 Å². The Kier molecular flexibility index (Phi) is 5.65. The maximum atomic E-state index is 12.4. The van der Waals surface area contributed by atoms with E-state index >= 15 is 0 Å². The van der Waals surface area contributed by atoms with E-state index in [4.69, 9.17) is 4.42 Å². The molecule has 6 nitrogen and oxygen atoms in total. The van der Waals surface area contributed by atoms with Gasteiger partial charge in [0.2, 0.25) is 5.09 Å². The van der Waals surface area contributed by atoms with Gasteiger partial charge in [0, 0.05) is 25.7 Å². The molecule has 2 heterocycles. The molecule has 0 saturated carbocycles. The first kappa shape index (κ1) is 17.5. The van der Waals surface area contributed by atoms with Gasteiger partial charge in [0.1, 0.15) is 5.76 Å². The van der Waals surface area contributed by atoms with Crippen molar-refractivity contribution in [2.75, 3.05) is 19.6 Å². The van der Waals surface area contributed by atoms with Crippen LogP contribution in [0.5, 0.6) is 0 Å². The summed E-state index contributed by atoms with van der Waals surface area (Å²) >= 11 is 0. The van der Waals surface area contributed by atoms with Crippen LogP contribution >= 0.6 is 0 Å². The van der Waals surface area contributed by atoms with E-state index < -0.39 is 16.1 Å². The Morgan fingerprint density at radius 3 is 2.45 bits per heavy atom. The maximum Gasteiger partial charge on any atom is 0.276 e. The lowest BCUT2D eigenvalue weighted by Gasteiger charge is -2.26. The molecule has 126 valence electrons. The van der Waals surface area contributed by atoms with Crippen molar-refractivity contribution in [3.8, 4) is 0 Å². The maximum absolute atomic E-state index is 12.4. The molecule has 1 aliphatic rings. The van der Waals surface area contributed by atoms with Crippen molar-refractivity contribution in [3.05, 3.63) is 17.9 Å². The van der Waals surface area contributed by atoms with Crippen LogP contribution in [0, 0.1) is 0 Å². The highest BCUT2D eigenvalue weighted by molar-refractivity contribution is 7.89. The van der Waals surface area contributed by atoms with Gasteiger partial charge in [-0.15, -0.1) is 0 Å². The molecule has 0 bridgehead atoms. The van der Waals surface area contributed by atoms with Crippen molar-refractivity contribution in [2.24, 2.45) is 0 Å². The molecule has 2 rings (SSSR count). The van der Waals surface area contributed by atoms with E-state index in [1.807, 2.05) is 13.8 Å². The highest BCUT2D eigenvalue weighted by atomic mass is 32.2. The number of sulfonamides is 1. The first-order valence-corrected chi connectivity index (χ1v) is 9.25. The van der Waals surface area contributed by atoms with Crippen LogP contribution in [0.4, 0.5) is 0 Å². The van der Waals surface area contributed by atoms with Gasteiger partial charge in [0.15, 0.2) is 0 Å². The monoisotopic (exact) mass is 330 g/mol. The third kappa shape index (κ3) is 4.10. The summed E-state index contributed by atoms with van der Waals surface area (Å²) in [4.78, 5) is 2.05. The highest BCUT2D eigenvalue weighted by Gasteiger charge is 2.30. The Labute approximate surface area is 132 Å². The van der Waals surface area contributed by atoms with Gasteiger partial charge in [-0.05, 0) is 45.7 Å². The van der Waals surface area contributed by atoms with E-state index in [0.29, 0.717) is 31.9 Å². The summed E-state index contributed by atoms with van der Waals surface area (Å²) in [7, 11) is -3.50. The van der Waals surface area contributed by atoms with E-state index in [2.05, 4.69) is 4.90 Å². The normalized spacial score (nSPS) is 18.5. The second-order valence-electron chi connectivity index (χ2n) is 6.20. The largest absolute Gasteiger partial charge is 0.447 e. The van der Waals surface area contributed by atoms with Crippen molar-refractivity contribution in [1.29, 1.82) is 0 Å². The Morgan fingerprint density at radius 1 is 1.27 bits per heavy atom. The van der Waals surface area contributed by atoms with Crippen LogP contribution in [0.3, 0.4) is 0 Å². The first-order valence-electron chi connectivity index (χ1n) is 7.81. The van der Waals surface area contributed by atoms with Gasteiger partial charge in [0.05, 0.1) is 12.6 Å². The van der Waals surface area contributed by atoms with E-state index in [1.165, 1.54) is 10.4 Å². The summed E-state index contributed by atoms with van der Waals surface area (Å²) in [5, 5.41) is 9.57. The Bertz CT molecular complexity index is 574. The molecule has 0 spiro atoms. The molecule has 0 aromatic carbocycles. The fourth-order valence-corrected chi connectivity index (χ4v) is 4.08. The molecule has 1 atom stereocenters. The third-order valence-corrected chi connectivity index (χ3v) is 5.66. The molecular weight excluding hydrogens is 304 g/mol. The molecule has 0 amide bonds. The number of furan rings is 1. The van der Waals surface area contributed by atoms with Gasteiger partial charge < -0.3 is 9.52 Å². The summed E-state index contributed by atoms with van der Waals surface area (Å²) < 4.78 is 31.9. The van der Waals surface area contributed by atoms with Gasteiger partial charge >= 0.3 is 0 Å². The molecule has 1 fully saturated rings. The molecule has 1 aromatic heterocycles. The predicted molar refractivity (Wildman–Crippen MR) is 83.9 cm³/mol. The van der Waals surface area contributed by atoms with Crippen molar-refractivity contribution in [1.82, 2.24) is 9.21 Å². The number of aliphatic hydroxyl groups is 1. The highest BCUT2D eigenvalue weighted by Crippen LogP contribution is 2.23. The SMILES string of the molecule is CC(O)CN(Cc1ccc(S(=O)(=O)N2CCCC2)o1)C(C)C. The number of rotatable bonds is 7. The number of hydrogen-bond donors (Lipinski definition) is 1. The quantitative estimate of drug-likeness (QED) is 0.823. The van der Waals surface area contributed by atoms with Crippen LogP contribution in [0.1, 0.15) is 39.4 Å². The standard InChI is InChI=1S/C15H26N2O4S/c1-12(2)16(10-13(3)18)11-14-6-7-15(21-14)22(19,20)17-8-4-5-9-17/h6-7,12-13,18H,4-5,8-11H2,1-3H3. The average molecular weight is 330 g/mol. The van der Waals surface area contributed by atoms with Gasteiger partial charge in [-0.3, -0.25) is 4.90 Å². The smallest absolute Gasteiger partial charge is 0.276 e. The minimum absolute atomic E-state index is 0.0187. The summed E-state index contributed by atoms with van der Waals surface area (Å²) in [6, 6.07) is 3.47. The molecule has 1 aromatic rings. The average Bonchev–Trinajstić information content (AvgIpc) is 3.09. The molecular formula is C15H26N2O4S. The van der Waals surface area contributed by atoms with E-state index in [0.717, 1.165) is 12.8 Å². The van der Waals surface area contributed by atoms with Gasteiger partial charge in [-0.2, -0.15) is 4.31 Å². The first-order chi connectivity index (χ1) is 10.3. The topological polar surface area (TPSA) is 74.0 Å². The third-order valence-electron chi connectivity index (χ3n) is 3.88. The Hall–Kier alpha value is -0.890. The fourth-order valence-electron chi connectivity index (χ4n) is 2.64. The van der Waals surface area contributed by atoms with Gasteiger partial charge in [0.25, 0.3) is 10.0 Å². The second kappa shape index (κ2) is 7.12. The predicted octanol–water partition coefficient (Wildman–Crippen LogP) is 1.66. The van der Waals surface area contributed by atoms with Crippen LogP contribution in [-0.4, -0.2) is 54.5 Å². The van der Waals surface area contributed by atoms with Crippen molar-refractivity contribution < 1.29 is 17.9 Å². The van der Waals surface area contributed by atoms with Crippen LogP contribution in [0.15, 0.2) is 21.6 Å². The van der Waals surface area contributed by atoms with Crippen molar-refractivity contribution in [3.63, 3.8) is 0 Å². The van der Waals surface area contributed by atoms with Crippen LogP contribution in [-0.2, 0) is 16.6 Å². The number of hydrogen-bond acceptors (Lipinski definition) is 5. The van der Waals surface area contributed by atoms with Gasteiger partial charge in [-0.25, -0.2) is 8.42 Å². The molecule has 1 unspecified atom stereocenters. The molecule has 7 heteroatoms. The minimum Gasteiger partial charge on any atom is -0.447 e. The van der Waals surface area contributed by atoms with Crippen molar-refractivity contribution in [2.45, 2.75) is 57.4 Å². The summed E-state index contributed by atoms with van der Waals surface area (Å²) in [6.07, 6.45) is 1.37. The molecule has 1 N–H and O–H groups in total. The van der Waals surface area contributed by atoms with Gasteiger partial charge in [-0.1, -0.05) is 0 Å².